The second-order valence-corrected chi connectivity index (χ2v) is 4.46. The molecule has 0 atom stereocenters. The Hall–Kier alpha value is -0.870. The molecule has 0 radical (unpaired) electrons. The van der Waals surface area contributed by atoms with Crippen LogP contribution in [0, 0.1) is 12.7 Å². The second kappa shape index (κ2) is 3.61. The van der Waals surface area contributed by atoms with Crippen molar-refractivity contribution >= 4 is 26.8 Å². The number of fused-ring (bicyclic) bond motifs is 1. The zero-order valence-corrected chi connectivity index (χ0v) is 10.2. The van der Waals surface area contributed by atoms with Gasteiger partial charge in [0.1, 0.15) is 5.82 Å². The molecule has 0 saturated heterocycles. The Morgan fingerprint density at radius 1 is 1.47 bits per heavy atom. The van der Waals surface area contributed by atoms with Gasteiger partial charge in [-0.15, -0.1) is 0 Å². The van der Waals surface area contributed by atoms with Crippen molar-refractivity contribution in [1.29, 1.82) is 0 Å². The number of nitrogens with zero attached hydrogens (tertiary/aromatic N) is 1. The minimum Gasteiger partial charge on any atom is -0.348 e. The first-order chi connectivity index (χ1) is 7.06. The van der Waals surface area contributed by atoms with Crippen LogP contribution in [0.4, 0.5) is 4.39 Å². The quantitative estimate of drug-likeness (QED) is 0.849. The summed E-state index contributed by atoms with van der Waals surface area (Å²) < 4.78 is 15.9. The van der Waals surface area contributed by atoms with Gasteiger partial charge < -0.3 is 10.3 Å². The van der Waals surface area contributed by atoms with Gasteiger partial charge in [-0.1, -0.05) is 0 Å². The number of benzene rings is 1. The number of aromatic nitrogens is 1. The highest BCUT2D eigenvalue weighted by atomic mass is 79.9. The molecule has 80 valence electrons. The third-order valence-electron chi connectivity index (χ3n) is 2.87. The molecule has 0 aliphatic heterocycles. The Kier molecular flexibility index (Phi) is 2.56. The summed E-state index contributed by atoms with van der Waals surface area (Å²) in [5.74, 6) is -0.247. The summed E-state index contributed by atoms with van der Waals surface area (Å²) in [5, 5.41) is 0.901. The maximum Gasteiger partial charge on any atom is 0.138 e. The molecule has 0 unspecified atom stereocenters. The summed E-state index contributed by atoms with van der Waals surface area (Å²) in [6.07, 6.45) is 0. The Labute approximate surface area is 96.0 Å². The van der Waals surface area contributed by atoms with Gasteiger partial charge in [0.25, 0.3) is 0 Å². The topological polar surface area (TPSA) is 30.9 Å². The summed E-state index contributed by atoms with van der Waals surface area (Å²) in [6, 6.07) is 3.32. The van der Waals surface area contributed by atoms with Gasteiger partial charge in [0.15, 0.2) is 0 Å². The SMILES string of the molecule is Cc1c(CN)c2cc(F)c(Br)cc2n1C. The van der Waals surface area contributed by atoms with E-state index in [9.17, 15) is 4.39 Å². The van der Waals surface area contributed by atoms with Crippen LogP contribution < -0.4 is 5.73 Å². The molecular formula is C11H12BrFN2. The zero-order valence-electron chi connectivity index (χ0n) is 8.64. The van der Waals surface area contributed by atoms with E-state index in [4.69, 9.17) is 5.73 Å². The fourth-order valence-corrected chi connectivity index (χ4v) is 2.22. The van der Waals surface area contributed by atoms with Gasteiger partial charge in [0.2, 0.25) is 0 Å². The molecule has 1 aromatic carbocycles. The van der Waals surface area contributed by atoms with Crippen molar-refractivity contribution in [3.05, 3.63) is 33.7 Å². The Morgan fingerprint density at radius 3 is 2.73 bits per heavy atom. The molecule has 2 rings (SSSR count). The van der Waals surface area contributed by atoms with Gasteiger partial charge in [-0.2, -0.15) is 0 Å². The summed E-state index contributed by atoms with van der Waals surface area (Å²) in [5.41, 5.74) is 8.77. The van der Waals surface area contributed by atoms with Crippen molar-refractivity contribution in [2.45, 2.75) is 13.5 Å². The van der Waals surface area contributed by atoms with Crippen LogP contribution in [0.2, 0.25) is 0 Å². The molecule has 2 aromatic rings. The van der Waals surface area contributed by atoms with Crippen LogP contribution in [0.5, 0.6) is 0 Å². The molecule has 2 N–H and O–H groups in total. The van der Waals surface area contributed by atoms with Crippen LogP contribution in [0.15, 0.2) is 16.6 Å². The third kappa shape index (κ3) is 1.48. The van der Waals surface area contributed by atoms with Gasteiger partial charge in [-0.05, 0) is 40.5 Å². The van der Waals surface area contributed by atoms with E-state index in [0.717, 1.165) is 22.2 Å². The lowest BCUT2D eigenvalue weighted by atomic mass is 10.1. The summed E-state index contributed by atoms with van der Waals surface area (Å²) in [4.78, 5) is 0. The van der Waals surface area contributed by atoms with E-state index >= 15 is 0 Å². The number of halogens is 2. The van der Waals surface area contributed by atoms with E-state index in [1.807, 2.05) is 18.5 Å². The Bertz CT molecular complexity index is 531. The van der Waals surface area contributed by atoms with Crippen molar-refractivity contribution in [1.82, 2.24) is 4.57 Å². The Morgan fingerprint density at radius 2 is 2.13 bits per heavy atom. The lowest BCUT2D eigenvalue weighted by Gasteiger charge is -1.99. The van der Waals surface area contributed by atoms with Gasteiger partial charge in [0.05, 0.1) is 4.47 Å². The highest BCUT2D eigenvalue weighted by Crippen LogP contribution is 2.29. The standard InChI is InChI=1S/C11H12BrFN2/c1-6-8(5-14)7-3-10(13)9(12)4-11(7)15(6)2/h3-4H,5,14H2,1-2H3. The van der Waals surface area contributed by atoms with Crippen LogP contribution in [0.1, 0.15) is 11.3 Å². The second-order valence-electron chi connectivity index (χ2n) is 3.61. The van der Waals surface area contributed by atoms with Gasteiger partial charge in [0, 0.05) is 30.2 Å². The van der Waals surface area contributed by atoms with Gasteiger partial charge in [-0.25, -0.2) is 4.39 Å². The number of hydrogen-bond acceptors (Lipinski definition) is 1. The van der Waals surface area contributed by atoms with Gasteiger partial charge >= 0.3 is 0 Å². The fraction of sp³-hybridized carbons (Fsp3) is 0.273. The smallest absolute Gasteiger partial charge is 0.138 e. The monoisotopic (exact) mass is 270 g/mol. The summed E-state index contributed by atoms with van der Waals surface area (Å²) in [7, 11) is 1.96. The lowest BCUT2D eigenvalue weighted by molar-refractivity contribution is 0.623. The van der Waals surface area contributed by atoms with E-state index in [2.05, 4.69) is 15.9 Å². The minimum absolute atomic E-state index is 0.247. The molecular weight excluding hydrogens is 259 g/mol. The highest BCUT2D eigenvalue weighted by Gasteiger charge is 2.12. The molecule has 2 nitrogen and oxygen atoms in total. The third-order valence-corrected chi connectivity index (χ3v) is 3.48. The van der Waals surface area contributed by atoms with Crippen LogP contribution in [-0.2, 0) is 13.6 Å². The lowest BCUT2D eigenvalue weighted by Crippen LogP contribution is -1.98. The number of rotatable bonds is 1. The Balaban J connectivity index is 2.91. The zero-order chi connectivity index (χ0) is 11.2. The molecule has 1 aromatic heterocycles. The highest BCUT2D eigenvalue weighted by molar-refractivity contribution is 9.10. The van der Waals surface area contributed by atoms with E-state index in [1.165, 1.54) is 6.07 Å². The molecule has 0 saturated carbocycles. The van der Waals surface area contributed by atoms with E-state index < -0.39 is 0 Å². The van der Waals surface area contributed by atoms with Crippen molar-refractivity contribution < 1.29 is 4.39 Å². The van der Waals surface area contributed by atoms with Crippen LogP contribution >= 0.6 is 15.9 Å². The predicted octanol–water partition coefficient (Wildman–Crippen LogP) is 2.85. The molecule has 0 aliphatic carbocycles. The molecule has 0 amide bonds. The number of nitrogens with two attached hydrogens (primary N) is 1. The maximum absolute atomic E-state index is 13.4. The largest absolute Gasteiger partial charge is 0.348 e. The normalized spacial score (nSPS) is 11.3. The van der Waals surface area contributed by atoms with Crippen LogP contribution in [-0.4, -0.2) is 4.57 Å². The molecule has 1 heterocycles. The van der Waals surface area contributed by atoms with Crippen LogP contribution in [0.3, 0.4) is 0 Å². The number of hydrogen-bond donors (Lipinski definition) is 1. The van der Waals surface area contributed by atoms with Gasteiger partial charge in [-0.3, -0.25) is 0 Å². The molecule has 15 heavy (non-hydrogen) atoms. The van der Waals surface area contributed by atoms with E-state index in [-0.39, 0.29) is 5.82 Å². The average molecular weight is 271 g/mol. The fourth-order valence-electron chi connectivity index (χ4n) is 1.89. The molecule has 0 aliphatic rings. The molecule has 0 fully saturated rings. The average Bonchev–Trinajstić information content (AvgIpc) is 2.42. The van der Waals surface area contributed by atoms with Crippen molar-refractivity contribution in [3.8, 4) is 0 Å². The molecule has 0 spiro atoms. The maximum atomic E-state index is 13.4. The molecule has 0 bridgehead atoms. The van der Waals surface area contributed by atoms with E-state index in [0.29, 0.717) is 11.0 Å². The first kappa shape index (κ1) is 10.6. The first-order valence-corrected chi connectivity index (χ1v) is 5.48. The van der Waals surface area contributed by atoms with E-state index in [1.54, 1.807) is 6.07 Å². The van der Waals surface area contributed by atoms with Crippen molar-refractivity contribution in [2.24, 2.45) is 12.8 Å². The van der Waals surface area contributed by atoms with Crippen molar-refractivity contribution in [3.63, 3.8) is 0 Å². The summed E-state index contributed by atoms with van der Waals surface area (Å²) >= 11 is 3.19. The first-order valence-electron chi connectivity index (χ1n) is 4.69. The van der Waals surface area contributed by atoms with Crippen molar-refractivity contribution in [2.75, 3.05) is 0 Å². The predicted molar refractivity (Wildman–Crippen MR) is 63.2 cm³/mol. The van der Waals surface area contributed by atoms with Crippen LogP contribution in [0.25, 0.3) is 10.9 Å². The summed E-state index contributed by atoms with van der Waals surface area (Å²) in [6.45, 7) is 2.43. The number of aryl methyl sites for hydroxylation is 1. The minimum atomic E-state index is -0.247. The molecule has 4 heteroatoms.